The van der Waals surface area contributed by atoms with Crippen molar-refractivity contribution in [3.63, 3.8) is 0 Å². The number of esters is 1. The van der Waals surface area contributed by atoms with Crippen LogP contribution in [0.5, 0.6) is 5.75 Å². The first kappa shape index (κ1) is 28.4. The fourth-order valence-corrected chi connectivity index (χ4v) is 6.84. The number of carbonyl (C=O) groups is 3. The highest BCUT2D eigenvalue weighted by Crippen LogP contribution is 2.51. The van der Waals surface area contributed by atoms with Crippen LogP contribution in [0.15, 0.2) is 77.3 Å². The van der Waals surface area contributed by atoms with Crippen LogP contribution in [0.25, 0.3) is 5.69 Å². The Morgan fingerprint density at radius 2 is 1.86 bits per heavy atom. The summed E-state index contributed by atoms with van der Waals surface area (Å²) in [7, 11) is 0. The molecule has 0 fully saturated rings. The minimum atomic E-state index is -1.07. The average molecular weight is 598 g/mol. The number of ketones is 1. The summed E-state index contributed by atoms with van der Waals surface area (Å²) in [6.07, 6.45) is 0.696. The first-order valence-electron chi connectivity index (χ1n) is 14.1. The Morgan fingerprint density at radius 1 is 1.09 bits per heavy atom. The zero-order valence-electron chi connectivity index (χ0n) is 24.0. The molecule has 0 bridgehead atoms. The van der Waals surface area contributed by atoms with Crippen LogP contribution in [-0.2, 0) is 14.3 Å². The zero-order valence-corrected chi connectivity index (χ0v) is 24.8. The van der Waals surface area contributed by atoms with E-state index in [1.807, 2.05) is 36.6 Å². The van der Waals surface area contributed by atoms with Gasteiger partial charge in [-0.1, -0.05) is 36.4 Å². The van der Waals surface area contributed by atoms with Gasteiger partial charge in [-0.2, -0.15) is 5.10 Å². The molecule has 43 heavy (non-hydrogen) atoms. The van der Waals surface area contributed by atoms with Crippen LogP contribution in [0.1, 0.15) is 70.6 Å². The van der Waals surface area contributed by atoms with E-state index in [0.29, 0.717) is 46.9 Å². The molecular formula is C33H31N3O6S. The number of ether oxygens (including phenoxy) is 2. The highest BCUT2D eigenvalue weighted by Gasteiger charge is 2.42. The summed E-state index contributed by atoms with van der Waals surface area (Å²) < 4.78 is 12.9. The maximum absolute atomic E-state index is 14.0. The lowest BCUT2D eigenvalue weighted by atomic mass is 9.73. The smallest absolute Gasteiger partial charge is 0.344 e. The van der Waals surface area contributed by atoms with Gasteiger partial charge in [-0.15, -0.1) is 11.3 Å². The summed E-state index contributed by atoms with van der Waals surface area (Å²) in [4.78, 5) is 39.7. The van der Waals surface area contributed by atoms with E-state index in [1.54, 1.807) is 60.2 Å². The van der Waals surface area contributed by atoms with Crippen LogP contribution < -0.4 is 10.1 Å². The van der Waals surface area contributed by atoms with Crippen molar-refractivity contribution in [2.24, 2.45) is 0 Å². The highest BCUT2D eigenvalue weighted by atomic mass is 32.1. The van der Waals surface area contributed by atoms with Crippen molar-refractivity contribution >= 4 is 34.9 Å². The third-order valence-electron chi connectivity index (χ3n) is 7.71. The van der Waals surface area contributed by atoms with Crippen LogP contribution >= 0.6 is 11.3 Å². The van der Waals surface area contributed by atoms with Crippen LogP contribution in [0.4, 0.5) is 5.82 Å². The number of aryl methyl sites for hydroxylation is 1. The predicted molar refractivity (Wildman–Crippen MR) is 162 cm³/mol. The van der Waals surface area contributed by atoms with E-state index in [2.05, 4.69) is 11.4 Å². The topological polar surface area (TPSA) is 120 Å². The van der Waals surface area contributed by atoms with E-state index in [4.69, 9.17) is 14.6 Å². The third kappa shape index (κ3) is 5.34. The Hall–Kier alpha value is -4.70. The van der Waals surface area contributed by atoms with Crippen LogP contribution in [-0.4, -0.2) is 45.3 Å². The Morgan fingerprint density at radius 3 is 2.60 bits per heavy atom. The molecule has 0 unspecified atom stereocenters. The number of hydrogen-bond donors (Lipinski definition) is 2. The molecule has 2 N–H and O–H groups in total. The van der Waals surface area contributed by atoms with Gasteiger partial charge in [0.2, 0.25) is 0 Å². The molecule has 0 radical (unpaired) electrons. The largest absolute Gasteiger partial charge is 0.482 e. The lowest BCUT2D eigenvalue weighted by molar-refractivity contribution is -0.149. The fraction of sp³-hybridized carbons (Fsp3) is 0.273. The number of carboxylic acids is 1. The third-order valence-corrected chi connectivity index (χ3v) is 8.75. The Balaban J connectivity index is 1.51. The minimum Gasteiger partial charge on any atom is -0.482 e. The van der Waals surface area contributed by atoms with Gasteiger partial charge in [-0.05, 0) is 56.8 Å². The molecule has 6 rings (SSSR count). The molecule has 2 atom stereocenters. The second kappa shape index (κ2) is 11.5. The van der Waals surface area contributed by atoms with E-state index in [1.165, 1.54) is 0 Å². The zero-order chi connectivity index (χ0) is 30.2. The number of nitrogens with one attached hydrogen (secondary N) is 1. The number of hydrogen-bond acceptors (Lipinski definition) is 8. The SMILES string of the molecule is Cc1nn(-c2ccccc2C(=O)O)c2c1[C@@H](c1ccccc1OCC(=O)OC(C)C)C1=C(C[C@H](c3cccs3)CC1=O)N2. The van der Waals surface area contributed by atoms with Crippen molar-refractivity contribution in [2.45, 2.75) is 51.6 Å². The molecular weight excluding hydrogens is 566 g/mol. The molecule has 10 heteroatoms. The Bertz CT molecular complexity index is 1750. The van der Waals surface area contributed by atoms with Crippen molar-refractivity contribution in [3.8, 4) is 11.4 Å². The number of aromatic nitrogens is 2. The van der Waals surface area contributed by atoms with Gasteiger partial charge in [0.1, 0.15) is 11.6 Å². The van der Waals surface area contributed by atoms with Gasteiger partial charge in [0.05, 0.1) is 23.0 Å². The highest BCUT2D eigenvalue weighted by molar-refractivity contribution is 7.10. The summed E-state index contributed by atoms with van der Waals surface area (Å²) in [5.74, 6) is -1.01. The van der Waals surface area contributed by atoms with E-state index < -0.39 is 17.9 Å². The summed E-state index contributed by atoms with van der Waals surface area (Å²) in [6.45, 7) is 5.12. The molecule has 4 aromatic rings. The maximum atomic E-state index is 14.0. The lowest BCUT2D eigenvalue weighted by Gasteiger charge is -2.36. The van der Waals surface area contributed by atoms with Gasteiger partial charge in [0, 0.05) is 45.5 Å². The summed E-state index contributed by atoms with van der Waals surface area (Å²) in [5, 5.41) is 20.3. The van der Waals surface area contributed by atoms with Crippen molar-refractivity contribution in [2.75, 3.05) is 11.9 Å². The lowest BCUT2D eigenvalue weighted by Crippen LogP contribution is -2.30. The van der Waals surface area contributed by atoms with Crippen molar-refractivity contribution < 1.29 is 29.0 Å². The summed E-state index contributed by atoms with van der Waals surface area (Å²) in [5.41, 5.74) is 4.03. The standard InChI is InChI=1S/C33H31N3O6S/c1-18(2)42-28(38)17-41-26-12-7-5-10-22(26)30-29-19(3)35-36(24-11-6-4-9-21(24)33(39)40)32(29)34-23-15-20(16-25(37)31(23)30)27-13-8-14-43-27/h4-14,18,20,30,34H,15-17H2,1-3H3,(H,39,40)/t20-,30+/m0/s1. The number of carboxylic acid groups (broad SMARTS) is 1. The van der Waals surface area contributed by atoms with Gasteiger partial charge >= 0.3 is 11.9 Å². The number of para-hydroxylation sites is 2. The molecule has 1 aliphatic carbocycles. The fourth-order valence-electron chi connectivity index (χ4n) is 6.01. The summed E-state index contributed by atoms with van der Waals surface area (Å²) in [6, 6.07) is 18.1. The van der Waals surface area contributed by atoms with Crippen LogP contribution in [0, 0.1) is 6.92 Å². The van der Waals surface area contributed by atoms with Crippen LogP contribution in [0.2, 0.25) is 0 Å². The van der Waals surface area contributed by atoms with Crippen molar-refractivity contribution in [1.82, 2.24) is 9.78 Å². The first-order chi connectivity index (χ1) is 20.7. The number of rotatable bonds is 8. The van der Waals surface area contributed by atoms with E-state index in [9.17, 15) is 19.5 Å². The number of carbonyl (C=O) groups excluding carboxylic acids is 2. The normalized spacial score (nSPS) is 17.7. The van der Waals surface area contributed by atoms with Gasteiger partial charge in [0.25, 0.3) is 0 Å². The first-order valence-corrected chi connectivity index (χ1v) is 15.0. The number of nitrogens with zero attached hydrogens (tertiary/aromatic N) is 2. The van der Waals surface area contributed by atoms with E-state index in [0.717, 1.165) is 16.1 Å². The number of aromatic carboxylic acids is 1. The summed E-state index contributed by atoms with van der Waals surface area (Å²) >= 11 is 1.63. The van der Waals surface area contributed by atoms with Crippen LogP contribution in [0.3, 0.4) is 0 Å². The molecule has 0 spiro atoms. The Labute approximate surface area is 252 Å². The number of Topliss-reactive ketones (excluding diaryl/α,β-unsaturated/α-hetero) is 1. The number of anilines is 1. The quantitative estimate of drug-likeness (QED) is 0.230. The number of allylic oxidation sites excluding steroid dienone is 2. The second-order valence-corrected chi connectivity index (χ2v) is 11.9. The average Bonchev–Trinajstić information content (AvgIpc) is 3.63. The molecule has 0 saturated carbocycles. The molecule has 9 nitrogen and oxygen atoms in total. The monoisotopic (exact) mass is 597 g/mol. The molecule has 2 aliphatic rings. The van der Waals surface area contributed by atoms with Gasteiger partial charge < -0.3 is 19.9 Å². The van der Waals surface area contributed by atoms with E-state index in [-0.39, 0.29) is 30.0 Å². The van der Waals surface area contributed by atoms with Gasteiger partial charge in [0.15, 0.2) is 12.4 Å². The Kier molecular flexibility index (Phi) is 7.62. The number of benzene rings is 2. The molecule has 2 aromatic carbocycles. The van der Waals surface area contributed by atoms with Gasteiger partial charge in [-0.25, -0.2) is 14.3 Å². The molecule has 0 saturated heterocycles. The molecule has 0 amide bonds. The van der Waals surface area contributed by atoms with Crippen molar-refractivity contribution in [1.29, 1.82) is 0 Å². The van der Waals surface area contributed by atoms with Gasteiger partial charge in [-0.3, -0.25) is 4.79 Å². The van der Waals surface area contributed by atoms with Crippen molar-refractivity contribution in [3.05, 3.63) is 105 Å². The minimum absolute atomic E-state index is 0.0158. The number of fused-ring (bicyclic) bond motifs is 1. The second-order valence-electron chi connectivity index (χ2n) is 10.9. The maximum Gasteiger partial charge on any atom is 0.344 e. The molecule has 220 valence electrons. The molecule has 1 aliphatic heterocycles. The predicted octanol–water partition coefficient (Wildman–Crippen LogP) is 6.23. The number of thiophene rings is 1. The molecule has 2 aromatic heterocycles. The van der Waals surface area contributed by atoms with E-state index >= 15 is 0 Å². The molecule has 3 heterocycles.